The molecule has 0 N–H and O–H groups in total. The van der Waals surface area contributed by atoms with E-state index in [1.807, 2.05) is 19.1 Å². The second-order valence-corrected chi connectivity index (χ2v) is 5.48. The Morgan fingerprint density at radius 2 is 1.95 bits per heavy atom. The molecule has 0 aromatic heterocycles. The van der Waals surface area contributed by atoms with Gasteiger partial charge in [0.15, 0.2) is 0 Å². The number of benzene rings is 1. The molecular formula is C17H25ClO4. The Morgan fingerprint density at radius 3 is 2.68 bits per heavy atom. The zero-order valence-electron chi connectivity index (χ0n) is 13.4. The molecule has 124 valence electrons. The highest BCUT2D eigenvalue weighted by atomic mass is 35.5. The Hall–Kier alpha value is -1.26. The smallest absolute Gasteiger partial charge is 0.305 e. The molecule has 0 spiro atoms. The molecule has 0 unspecified atom stereocenters. The van der Waals surface area contributed by atoms with Gasteiger partial charge in [-0.25, -0.2) is 0 Å². The maximum atomic E-state index is 11.5. The third-order valence-corrected chi connectivity index (χ3v) is 3.29. The summed E-state index contributed by atoms with van der Waals surface area (Å²) in [6, 6.07) is 5.48. The van der Waals surface area contributed by atoms with E-state index < -0.39 is 0 Å². The lowest BCUT2D eigenvalue weighted by atomic mass is 10.2. The van der Waals surface area contributed by atoms with Crippen LogP contribution in [0, 0.1) is 6.92 Å². The van der Waals surface area contributed by atoms with Crippen LogP contribution in [-0.4, -0.2) is 32.4 Å². The van der Waals surface area contributed by atoms with Crippen LogP contribution in [0.15, 0.2) is 18.2 Å². The van der Waals surface area contributed by atoms with Gasteiger partial charge in [0, 0.05) is 18.1 Å². The molecule has 1 aromatic rings. The van der Waals surface area contributed by atoms with Crippen molar-refractivity contribution in [1.82, 2.24) is 0 Å². The molecule has 0 heterocycles. The highest BCUT2D eigenvalue weighted by Gasteiger charge is 2.04. The maximum Gasteiger partial charge on any atom is 0.305 e. The SMILES string of the molecule is CCCCOCCOC(=O)CCCOc1ccc(Cl)cc1C. The molecule has 0 saturated carbocycles. The van der Waals surface area contributed by atoms with Gasteiger partial charge in [-0.2, -0.15) is 0 Å². The van der Waals surface area contributed by atoms with Crippen LogP contribution in [0.3, 0.4) is 0 Å². The molecule has 0 bridgehead atoms. The number of rotatable bonds is 11. The molecule has 0 fully saturated rings. The van der Waals surface area contributed by atoms with Crippen LogP contribution < -0.4 is 4.74 Å². The molecule has 0 atom stereocenters. The van der Waals surface area contributed by atoms with Crippen molar-refractivity contribution in [3.63, 3.8) is 0 Å². The van der Waals surface area contributed by atoms with E-state index in [0.717, 1.165) is 30.8 Å². The number of carbonyl (C=O) groups excluding carboxylic acids is 1. The second kappa shape index (κ2) is 11.3. The molecule has 0 amide bonds. The first-order valence-electron chi connectivity index (χ1n) is 7.75. The minimum atomic E-state index is -0.212. The fourth-order valence-electron chi connectivity index (χ4n) is 1.81. The number of unbranched alkanes of at least 4 members (excludes halogenated alkanes) is 1. The molecule has 4 nitrogen and oxygen atoms in total. The van der Waals surface area contributed by atoms with E-state index >= 15 is 0 Å². The van der Waals surface area contributed by atoms with E-state index in [2.05, 4.69) is 6.92 Å². The number of ether oxygens (including phenoxy) is 3. The van der Waals surface area contributed by atoms with Crippen molar-refractivity contribution in [3.8, 4) is 5.75 Å². The van der Waals surface area contributed by atoms with Crippen molar-refractivity contribution in [2.45, 2.75) is 39.5 Å². The number of esters is 1. The van der Waals surface area contributed by atoms with Gasteiger partial charge in [0.05, 0.1) is 13.2 Å². The molecule has 1 aromatic carbocycles. The Bertz CT molecular complexity index is 448. The summed E-state index contributed by atoms with van der Waals surface area (Å²) in [5, 5.41) is 0.689. The molecular weight excluding hydrogens is 304 g/mol. The Morgan fingerprint density at radius 1 is 1.14 bits per heavy atom. The van der Waals surface area contributed by atoms with Gasteiger partial charge in [-0.1, -0.05) is 24.9 Å². The first kappa shape index (κ1) is 18.8. The fourth-order valence-corrected chi connectivity index (χ4v) is 2.04. The van der Waals surface area contributed by atoms with Gasteiger partial charge in [0.25, 0.3) is 0 Å². The molecule has 0 aliphatic heterocycles. The van der Waals surface area contributed by atoms with Crippen molar-refractivity contribution < 1.29 is 19.0 Å². The summed E-state index contributed by atoms with van der Waals surface area (Å²) >= 11 is 5.88. The summed E-state index contributed by atoms with van der Waals surface area (Å²) in [5.74, 6) is 0.581. The van der Waals surface area contributed by atoms with Gasteiger partial charge in [-0.05, 0) is 43.5 Å². The monoisotopic (exact) mass is 328 g/mol. The van der Waals surface area contributed by atoms with Crippen molar-refractivity contribution in [1.29, 1.82) is 0 Å². The Kier molecular flexibility index (Phi) is 9.67. The van der Waals surface area contributed by atoms with E-state index in [-0.39, 0.29) is 5.97 Å². The van der Waals surface area contributed by atoms with Crippen LogP contribution >= 0.6 is 11.6 Å². The maximum absolute atomic E-state index is 11.5. The zero-order chi connectivity index (χ0) is 16.2. The summed E-state index contributed by atoms with van der Waals surface area (Å²) in [4.78, 5) is 11.5. The minimum Gasteiger partial charge on any atom is -0.493 e. The van der Waals surface area contributed by atoms with E-state index in [4.69, 9.17) is 25.8 Å². The molecule has 0 radical (unpaired) electrons. The number of carbonyl (C=O) groups is 1. The Balaban J connectivity index is 2.05. The van der Waals surface area contributed by atoms with Crippen LogP contribution in [0.25, 0.3) is 0 Å². The highest BCUT2D eigenvalue weighted by Crippen LogP contribution is 2.21. The first-order valence-corrected chi connectivity index (χ1v) is 8.13. The third-order valence-electron chi connectivity index (χ3n) is 3.05. The lowest BCUT2D eigenvalue weighted by Gasteiger charge is -2.09. The molecule has 1 rings (SSSR count). The summed E-state index contributed by atoms with van der Waals surface area (Å²) in [7, 11) is 0. The van der Waals surface area contributed by atoms with Gasteiger partial charge in [0.1, 0.15) is 12.4 Å². The number of halogens is 1. The fraction of sp³-hybridized carbons (Fsp3) is 0.588. The van der Waals surface area contributed by atoms with Crippen LogP contribution in [0.5, 0.6) is 5.75 Å². The number of hydrogen-bond donors (Lipinski definition) is 0. The standard InChI is InChI=1S/C17H25ClO4/c1-3-4-9-20-11-12-22-17(19)6-5-10-21-16-8-7-15(18)13-14(16)2/h7-8,13H,3-6,9-12H2,1-2H3. The second-order valence-electron chi connectivity index (χ2n) is 5.05. The predicted molar refractivity (Wildman–Crippen MR) is 87.6 cm³/mol. The topological polar surface area (TPSA) is 44.8 Å². The van der Waals surface area contributed by atoms with E-state index in [1.165, 1.54) is 0 Å². The molecule has 0 saturated heterocycles. The summed E-state index contributed by atoms with van der Waals surface area (Å²) in [6.07, 6.45) is 3.11. The van der Waals surface area contributed by atoms with Gasteiger partial charge in [0.2, 0.25) is 0 Å². The first-order chi connectivity index (χ1) is 10.6. The van der Waals surface area contributed by atoms with Crippen molar-refractivity contribution in [2.75, 3.05) is 26.4 Å². The summed E-state index contributed by atoms with van der Waals surface area (Å²) in [5.41, 5.74) is 0.985. The predicted octanol–water partition coefficient (Wildman–Crippen LogP) is 4.17. The molecule has 0 aliphatic rings. The normalized spacial score (nSPS) is 10.5. The van der Waals surface area contributed by atoms with Gasteiger partial charge >= 0.3 is 5.97 Å². The van der Waals surface area contributed by atoms with Crippen LogP contribution in [0.2, 0.25) is 5.02 Å². The Labute approximate surface area is 137 Å². The molecule has 0 aliphatic carbocycles. The van der Waals surface area contributed by atoms with Crippen molar-refractivity contribution in [2.24, 2.45) is 0 Å². The zero-order valence-corrected chi connectivity index (χ0v) is 14.2. The van der Waals surface area contributed by atoms with E-state index in [9.17, 15) is 4.79 Å². The van der Waals surface area contributed by atoms with Gasteiger partial charge in [-0.15, -0.1) is 0 Å². The van der Waals surface area contributed by atoms with Crippen LogP contribution in [0.4, 0.5) is 0 Å². The highest BCUT2D eigenvalue weighted by molar-refractivity contribution is 6.30. The lowest BCUT2D eigenvalue weighted by molar-refractivity contribution is -0.145. The summed E-state index contributed by atoms with van der Waals surface area (Å²) in [6.45, 7) is 6.03. The number of hydrogen-bond acceptors (Lipinski definition) is 4. The molecule has 5 heteroatoms. The van der Waals surface area contributed by atoms with Gasteiger partial charge in [-0.3, -0.25) is 4.79 Å². The van der Waals surface area contributed by atoms with Crippen molar-refractivity contribution in [3.05, 3.63) is 28.8 Å². The average Bonchev–Trinajstić information content (AvgIpc) is 2.49. The van der Waals surface area contributed by atoms with Gasteiger partial charge < -0.3 is 14.2 Å². The number of aryl methyl sites for hydroxylation is 1. The van der Waals surface area contributed by atoms with E-state index in [0.29, 0.717) is 37.7 Å². The lowest BCUT2D eigenvalue weighted by Crippen LogP contribution is -2.12. The third kappa shape index (κ3) is 8.25. The average molecular weight is 329 g/mol. The quantitative estimate of drug-likeness (QED) is 0.452. The van der Waals surface area contributed by atoms with E-state index in [1.54, 1.807) is 6.07 Å². The minimum absolute atomic E-state index is 0.212. The van der Waals surface area contributed by atoms with Crippen LogP contribution in [-0.2, 0) is 14.3 Å². The molecule has 22 heavy (non-hydrogen) atoms. The van der Waals surface area contributed by atoms with Crippen molar-refractivity contribution >= 4 is 17.6 Å². The largest absolute Gasteiger partial charge is 0.493 e. The summed E-state index contributed by atoms with van der Waals surface area (Å²) < 4.78 is 16.0. The van der Waals surface area contributed by atoms with Crippen LogP contribution in [0.1, 0.15) is 38.2 Å².